The average molecular weight is 429 g/mol. The van der Waals surface area contributed by atoms with Crippen LogP contribution in [0.5, 0.6) is 11.5 Å². The molecule has 1 heterocycles. The minimum absolute atomic E-state index is 0.303. The smallest absolute Gasteiger partial charge is 0.323 e. The molecule has 1 aromatic heterocycles. The Bertz CT molecular complexity index is 1260. The Kier molecular flexibility index (Phi) is 6.03. The van der Waals surface area contributed by atoms with E-state index < -0.39 is 0 Å². The molecule has 0 bridgehead atoms. The number of methoxy groups -OCH3 is 2. The zero-order chi connectivity index (χ0) is 22.5. The number of aromatic nitrogens is 2. The monoisotopic (exact) mass is 429 g/mol. The van der Waals surface area contributed by atoms with Gasteiger partial charge in [0, 0.05) is 28.5 Å². The summed E-state index contributed by atoms with van der Waals surface area (Å²) in [5.74, 6) is 1.83. The first-order valence-corrected chi connectivity index (χ1v) is 9.95. The number of fused-ring (bicyclic) bond motifs is 1. The molecule has 162 valence electrons. The second-order valence-corrected chi connectivity index (χ2v) is 7.04. The number of amides is 2. The molecule has 0 aliphatic carbocycles. The molecular formula is C24H23N5O3. The summed E-state index contributed by atoms with van der Waals surface area (Å²) in [5, 5.41) is 9.76. The zero-order valence-corrected chi connectivity index (χ0v) is 18.0. The maximum atomic E-state index is 12.3. The Balaban J connectivity index is 1.48. The van der Waals surface area contributed by atoms with Crippen LogP contribution in [0.3, 0.4) is 0 Å². The van der Waals surface area contributed by atoms with Gasteiger partial charge in [0.1, 0.15) is 12.1 Å². The number of carbonyl (C=O) groups excluding carboxylic acids is 1. The highest BCUT2D eigenvalue weighted by Crippen LogP contribution is 2.34. The number of benzene rings is 3. The number of aryl methyl sites for hydroxylation is 1. The number of anilines is 4. The van der Waals surface area contributed by atoms with Crippen molar-refractivity contribution in [3.63, 3.8) is 0 Å². The number of nitrogens with one attached hydrogen (secondary N) is 3. The summed E-state index contributed by atoms with van der Waals surface area (Å²) < 4.78 is 10.7. The number of urea groups is 1. The van der Waals surface area contributed by atoms with E-state index in [9.17, 15) is 4.79 Å². The van der Waals surface area contributed by atoms with E-state index in [0.717, 1.165) is 27.8 Å². The van der Waals surface area contributed by atoms with E-state index in [0.29, 0.717) is 23.0 Å². The van der Waals surface area contributed by atoms with E-state index in [1.54, 1.807) is 20.3 Å². The minimum Gasteiger partial charge on any atom is -0.493 e. The standard InChI is InChI=1S/C24H23N5O3/c1-15-6-4-5-7-19(15)29-24(30)28-17-10-8-16(9-11-17)27-23-18-12-21(31-2)22(32-3)13-20(18)25-14-26-23/h4-14H,1-3H3,(H,25,26,27)(H2,28,29,30). The van der Waals surface area contributed by atoms with Crippen LogP contribution < -0.4 is 25.4 Å². The van der Waals surface area contributed by atoms with Crippen molar-refractivity contribution >= 4 is 39.8 Å². The van der Waals surface area contributed by atoms with Gasteiger partial charge in [0.2, 0.25) is 0 Å². The molecule has 8 nitrogen and oxygen atoms in total. The highest BCUT2D eigenvalue weighted by Gasteiger charge is 2.11. The van der Waals surface area contributed by atoms with Gasteiger partial charge < -0.3 is 25.4 Å². The molecule has 4 aromatic rings. The van der Waals surface area contributed by atoms with Crippen LogP contribution in [0.4, 0.5) is 27.7 Å². The second-order valence-electron chi connectivity index (χ2n) is 7.04. The third-order valence-corrected chi connectivity index (χ3v) is 4.94. The van der Waals surface area contributed by atoms with Gasteiger partial charge in [0.15, 0.2) is 11.5 Å². The van der Waals surface area contributed by atoms with E-state index >= 15 is 0 Å². The van der Waals surface area contributed by atoms with Gasteiger partial charge in [-0.05, 0) is 48.9 Å². The van der Waals surface area contributed by atoms with Crippen LogP contribution in [-0.4, -0.2) is 30.2 Å². The summed E-state index contributed by atoms with van der Waals surface area (Å²) in [6.07, 6.45) is 1.49. The number of rotatable bonds is 6. The molecule has 3 aromatic carbocycles. The summed E-state index contributed by atoms with van der Waals surface area (Å²) >= 11 is 0. The summed E-state index contributed by atoms with van der Waals surface area (Å²) in [5.41, 5.74) is 3.97. The number of carbonyl (C=O) groups is 1. The lowest BCUT2D eigenvalue weighted by atomic mass is 10.2. The highest BCUT2D eigenvalue weighted by molar-refractivity contribution is 6.00. The van der Waals surface area contributed by atoms with Crippen LogP contribution >= 0.6 is 0 Å². The molecule has 2 amide bonds. The number of para-hydroxylation sites is 1. The molecular weight excluding hydrogens is 406 g/mol. The van der Waals surface area contributed by atoms with Crippen molar-refractivity contribution in [2.24, 2.45) is 0 Å². The number of ether oxygens (including phenoxy) is 2. The Morgan fingerprint density at radius 2 is 1.53 bits per heavy atom. The molecule has 3 N–H and O–H groups in total. The minimum atomic E-state index is -0.303. The highest BCUT2D eigenvalue weighted by atomic mass is 16.5. The first-order valence-electron chi connectivity index (χ1n) is 9.95. The fraction of sp³-hybridized carbons (Fsp3) is 0.125. The third kappa shape index (κ3) is 4.54. The first kappa shape index (κ1) is 20.9. The van der Waals surface area contributed by atoms with Gasteiger partial charge >= 0.3 is 6.03 Å². The van der Waals surface area contributed by atoms with E-state index in [-0.39, 0.29) is 6.03 Å². The van der Waals surface area contributed by atoms with Crippen LogP contribution in [0.15, 0.2) is 67.0 Å². The lowest BCUT2D eigenvalue weighted by Gasteiger charge is -2.13. The van der Waals surface area contributed by atoms with Crippen molar-refractivity contribution in [3.8, 4) is 11.5 Å². The van der Waals surface area contributed by atoms with Crippen LogP contribution in [0, 0.1) is 6.92 Å². The average Bonchev–Trinajstić information content (AvgIpc) is 2.81. The fourth-order valence-electron chi connectivity index (χ4n) is 3.25. The van der Waals surface area contributed by atoms with E-state index in [1.807, 2.05) is 61.5 Å². The maximum Gasteiger partial charge on any atom is 0.323 e. The SMILES string of the molecule is COc1cc2ncnc(Nc3ccc(NC(=O)Nc4ccccc4C)cc3)c2cc1OC. The van der Waals surface area contributed by atoms with Gasteiger partial charge in [-0.3, -0.25) is 0 Å². The first-order chi connectivity index (χ1) is 15.6. The molecule has 0 spiro atoms. The zero-order valence-electron chi connectivity index (χ0n) is 18.0. The Hall–Kier alpha value is -4.33. The summed E-state index contributed by atoms with van der Waals surface area (Å²) in [7, 11) is 3.17. The van der Waals surface area contributed by atoms with Gasteiger partial charge in [0.05, 0.1) is 19.7 Å². The maximum absolute atomic E-state index is 12.3. The van der Waals surface area contributed by atoms with E-state index in [2.05, 4.69) is 25.9 Å². The van der Waals surface area contributed by atoms with Crippen LogP contribution in [0.2, 0.25) is 0 Å². The van der Waals surface area contributed by atoms with Gasteiger partial charge in [-0.1, -0.05) is 18.2 Å². The molecule has 0 fully saturated rings. The van der Waals surface area contributed by atoms with Gasteiger partial charge in [-0.25, -0.2) is 14.8 Å². The summed E-state index contributed by atoms with van der Waals surface area (Å²) in [4.78, 5) is 21.0. The summed E-state index contributed by atoms with van der Waals surface area (Å²) in [6.45, 7) is 1.94. The van der Waals surface area contributed by atoms with E-state index in [1.165, 1.54) is 6.33 Å². The van der Waals surface area contributed by atoms with Crippen molar-refractivity contribution in [2.45, 2.75) is 6.92 Å². The molecule has 0 saturated carbocycles. The topological polar surface area (TPSA) is 97.4 Å². The van der Waals surface area contributed by atoms with E-state index in [4.69, 9.17) is 9.47 Å². The predicted octanol–water partition coefficient (Wildman–Crippen LogP) is 5.34. The molecule has 0 atom stereocenters. The van der Waals surface area contributed by atoms with Gasteiger partial charge in [-0.2, -0.15) is 0 Å². The van der Waals surface area contributed by atoms with Crippen molar-refractivity contribution in [2.75, 3.05) is 30.2 Å². The normalized spacial score (nSPS) is 10.5. The fourth-order valence-corrected chi connectivity index (χ4v) is 3.25. The largest absolute Gasteiger partial charge is 0.493 e. The molecule has 32 heavy (non-hydrogen) atoms. The Labute approximate surface area is 185 Å². The number of hydrogen-bond donors (Lipinski definition) is 3. The Morgan fingerprint density at radius 1 is 0.844 bits per heavy atom. The van der Waals surface area contributed by atoms with Crippen molar-refractivity contribution in [1.82, 2.24) is 9.97 Å². The molecule has 8 heteroatoms. The number of nitrogens with zero attached hydrogens (tertiary/aromatic N) is 2. The van der Waals surface area contributed by atoms with Gasteiger partial charge in [0.25, 0.3) is 0 Å². The quantitative estimate of drug-likeness (QED) is 0.383. The molecule has 0 aliphatic rings. The molecule has 0 aliphatic heterocycles. The third-order valence-electron chi connectivity index (χ3n) is 4.94. The van der Waals surface area contributed by atoms with Crippen LogP contribution in [0.1, 0.15) is 5.56 Å². The molecule has 0 radical (unpaired) electrons. The van der Waals surface area contributed by atoms with Crippen molar-refractivity contribution in [3.05, 3.63) is 72.6 Å². The lowest BCUT2D eigenvalue weighted by Crippen LogP contribution is -2.19. The van der Waals surface area contributed by atoms with Gasteiger partial charge in [-0.15, -0.1) is 0 Å². The Morgan fingerprint density at radius 3 is 2.25 bits per heavy atom. The number of hydrogen-bond acceptors (Lipinski definition) is 6. The summed E-state index contributed by atoms with van der Waals surface area (Å²) in [6, 6.07) is 18.3. The predicted molar refractivity (Wildman–Crippen MR) is 126 cm³/mol. The molecule has 4 rings (SSSR count). The van der Waals surface area contributed by atoms with Crippen LogP contribution in [0.25, 0.3) is 10.9 Å². The van der Waals surface area contributed by atoms with Crippen molar-refractivity contribution < 1.29 is 14.3 Å². The van der Waals surface area contributed by atoms with Crippen molar-refractivity contribution in [1.29, 1.82) is 0 Å². The van der Waals surface area contributed by atoms with Crippen LogP contribution in [-0.2, 0) is 0 Å². The molecule has 0 saturated heterocycles. The second kappa shape index (κ2) is 9.22. The molecule has 0 unspecified atom stereocenters. The lowest BCUT2D eigenvalue weighted by molar-refractivity contribution is 0.262.